The molecule has 0 aliphatic rings. The standard InChI is InChI=1S/C20H17ClF4N4O2/c1-11(10-30)26-19-27-16(12-4-2-5-13(8-12)31-20(23,24)25)9-17(29-19)28-18-14(21)6-3-7-15(18)22/h2-9,11,30H,10H2,1H3,(H2,26,27,28,29)/t11-/m0/s1. The highest BCUT2D eigenvalue weighted by atomic mass is 35.5. The molecule has 0 radical (unpaired) electrons. The fourth-order valence-electron chi connectivity index (χ4n) is 2.59. The topological polar surface area (TPSA) is 79.3 Å². The molecule has 0 aliphatic carbocycles. The van der Waals surface area contributed by atoms with Gasteiger partial charge in [0.15, 0.2) is 0 Å². The third-order valence-corrected chi connectivity index (χ3v) is 4.27. The number of aromatic nitrogens is 2. The summed E-state index contributed by atoms with van der Waals surface area (Å²) >= 11 is 6.05. The third kappa shape index (κ3) is 6.19. The van der Waals surface area contributed by atoms with E-state index in [4.69, 9.17) is 11.6 Å². The van der Waals surface area contributed by atoms with Gasteiger partial charge in [0.2, 0.25) is 5.95 Å². The molecule has 0 fully saturated rings. The van der Waals surface area contributed by atoms with Gasteiger partial charge in [0.1, 0.15) is 17.4 Å². The summed E-state index contributed by atoms with van der Waals surface area (Å²) in [5.74, 6) is -0.845. The van der Waals surface area contributed by atoms with Gasteiger partial charge in [-0.15, -0.1) is 13.2 Å². The lowest BCUT2D eigenvalue weighted by Gasteiger charge is -2.15. The number of para-hydroxylation sites is 1. The highest BCUT2D eigenvalue weighted by Crippen LogP contribution is 2.31. The molecule has 3 aromatic rings. The van der Waals surface area contributed by atoms with Gasteiger partial charge >= 0.3 is 6.36 Å². The SMILES string of the molecule is C[C@@H](CO)Nc1nc(Nc2c(F)cccc2Cl)cc(-c2cccc(OC(F)(F)F)c2)n1. The van der Waals surface area contributed by atoms with Crippen molar-refractivity contribution in [2.75, 3.05) is 17.2 Å². The highest BCUT2D eigenvalue weighted by molar-refractivity contribution is 6.33. The zero-order valence-electron chi connectivity index (χ0n) is 16.0. The van der Waals surface area contributed by atoms with Gasteiger partial charge in [-0.25, -0.2) is 9.37 Å². The molecular formula is C20H17ClF4N4O2. The Hall–Kier alpha value is -3.11. The van der Waals surface area contributed by atoms with Crippen LogP contribution in [-0.2, 0) is 0 Å². The second-order valence-electron chi connectivity index (χ2n) is 6.49. The molecule has 11 heteroatoms. The van der Waals surface area contributed by atoms with Gasteiger partial charge in [-0.1, -0.05) is 29.8 Å². The number of hydrogen-bond donors (Lipinski definition) is 3. The van der Waals surface area contributed by atoms with Crippen molar-refractivity contribution in [2.45, 2.75) is 19.3 Å². The maximum absolute atomic E-state index is 14.2. The van der Waals surface area contributed by atoms with Crippen LogP contribution in [0.2, 0.25) is 5.02 Å². The number of anilines is 3. The summed E-state index contributed by atoms with van der Waals surface area (Å²) < 4.78 is 55.8. The molecule has 1 aromatic heterocycles. The Kier molecular flexibility index (Phi) is 6.81. The maximum Gasteiger partial charge on any atom is 0.573 e. The molecule has 2 aromatic carbocycles. The molecule has 164 valence electrons. The Morgan fingerprint density at radius 3 is 2.55 bits per heavy atom. The van der Waals surface area contributed by atoms with E-state index in [0.29, 0.717) is 5.56 Å². The fraction of sp³-hybridized carbons (Fsp3) is 0.200. The van der Waals surface area contributed by atoms with Crippen LogP contribution in [-0.4, -0.2) is 34.1 Å². The third-order valence-electron chi connectivity index (χ3n) is 3.95. The Morgan fingerprint density at radius 2 is 1.87 bits per heavy atom. The average Bonchev–Trinajstić information content (AvgIpc) is 2.69. The lowest BCUT2D eigenvalue weighted by Crippen LogP contribution is -2.21. The second-order valence-corrected chi connectivity index (χ2v) is 6.89. The van der Waals surface area contributed by atoms with Gasteiger partial charge in [0, 0.05) is 17.7 Å². The van der Waals surface area contributed by atoms with Crippen LogP contribution in [0.1, 0.15) is 6.92 Å². The van der Waals surface area contributed by atoms with E-state index in [2.05, 4.69) is 25.3 Å². The van der Waals surface area contributed by atoms with E-state index in [1.165, 1.54) is 36.4 Å². The fourth-order valence-corrected chi connectivity index (χ4v) is 2.80. The first-order chi connectivity index (χ1) is 14.6. The number of aliphatic hydroxyl groups excluding tert-OH is 1. The average molecular weight is 457 g/mol. The molecule has 0 saturated carbocycles. The molecule has 0 aliphatic heterocycles. The Bertz CT molecular complexity index is 1050. The van der Waals surface area contributed by atoms with E-state index >= 15 is 0 Å². The molecule has 6 nitrogen and oxygen atoms in total. The van der Waals surface area contributed by atoms with Crippen molar-refractivity contribution in [3.8, 4) is 17.0 Å². The number of nitrogens with one attached hydrogen (secondary N) is 2. The van der Waals surface area contributed by atoms with Crippen LogP contribution in [0.5, 0.6) is 5.75 Å². The van der Waals surface area contributed by atoms with Crippen molar-refractivity contribution >= 4 is 29.1 Å². The molecule has 3 rings (SSSR count). The smallest absolute Gasteiger partial charge is 0.406 e. The van der Waals surface area contributed by atoms with Crippen molar-refractivity contribution in [2.24, 2.45) is 0 Å². The summed E-state index contributed by atoms with van der Waals surface area (Å²) in [5.41, 5.74) is 0.501. The van der Waals surface area contributed by atoms with E-state index < -0.39 is 24.0 Å². The zero-order chi connectivity index (χ0) is 22.6. The van der Waals surface area contributed by atoms with E-state index in [1.807, 2.05) is 0 Å². The number of benzene rings is 2. The number of nitrogens with zero attached hydrogens (tertiary/aromatic N) is 2. The summed E-state index contributed by atoms with van der Waals surface area (Å²) in [6, 6.07) is 10.4. The van der Waals surface area contributed by atoms with Crippen LogP contribution in [0.25, 0.3) is 11.3 Å². The summed E-state index contributed by atoms with van der Waals surface area (Å²) in [7, 11) is 0. The van der Waals surface area contributed by atoms with Gasteiger partial charge in [-0.2, -0.15) is 4.98 Å². The van der Waals surface area contributed by atoms with Gasteiger partial charge in [0.25, 0.3) is 0 Å². The number of rotatable bonds is 7. The van der Waals surface area contributed by atoms with Crippen molar-refractivity contribution in [1.82, 2.24) is 9.97 Å². The Morgan fingerprint density at radius 1 is 1.13 bits per heavy atom. The molecule has 1 heterocycles. The van der Waals surface area contributed by atoms with Crippen molar-refractivity contribution < 1.29 is 27.4 Å². The Labute approximate surface area is 179 Å². The van der Waals surface area contributed by atoms with E-state index in [-0.39, 0.29) is 34.8 Å². The van der Waals surface area contributed by atoms with Crippen LogP contribution >= 0.6 is 11.6 Å². The lowest BCUT2D eigenvalue weighted by atomic mass is 10.1. The predicted molar refractivity (Wildman–Crippen MR) is 109 cm³/mol. The van der Waals surface area contributed by atoms with Crippen LogP contribution in [0.15, 0.2) is 48.5 Å². The monoisotopic (exact) mass is 456 g/mol. The highest BCUT2D eigenvalue weighted by Gasteiger charge is 2.31. The molecule has 0 spiro atoms. The largest absolute Gasteiger partial charge is 0.573 e. The predicted octanol–water partition coefficient (Wildman–Crippen LogP) is 5.37. The van der Waals surface area contributed by atoms with Crippen molar-refractivity contribution in [1.29, 1.82) is 0 Å². The first-order valence-corrected chi connectivity index (χ1v) is 9.36. The summed E-state index contributed by atoms with van der Waals surface area (Å²) in [6.45, 7) is 1.46. The minimum absolute atomic E-state index is 0.0240. The summed E-state index contributed by atoms with van der Waals surface area (Å²) in [5, 5.41) is 15.0. The number of alkyl halides is 3. The number of ether oxygens (including phenoxy) is 1. The van der Waals surface area contributed by atoms with Crippen LogP contribution in [0.4, 0.5) is 35.0 Å². The molecule has 1 atom stereocenters. The zero-order valence-corrected chi connectivity index (χ0v) is 16.8. The normalized spacial score (nSPS) is 12.4. The van der Waals surface area contributed by atoms with Gasteiger partial charge in [0.05, 0.1) is 23.0 Å². The van der Waals surface area contributed by atoms with Crippen molar-refractivity contribution in [3.63, 3.8) is 0 Å². The molecule has 0 bridgehead atoms. The molecule has 0 unspecified atom stereocenters. The first kappa shape index (κ1) is 22.6. The van der Waals surface area contributed by atoms with E-state index in [0.717, 1.165) is 12.1 Å². The first-order valence-electron chi connectivity index (χ1n) is 8.98. The van der Waals surface area contributed by atoms with E-state index in [9.17, 15) is 22.7 Å². The summed E-state index contributed by atoms with van der Waals surface area (Å²) in [6.07, 6.45) is -4.85. The molecule has 31 heavy (non-hydrogen) atoms. The second kappa shape index (κ2) is 9.36. The maximum atomic E-state index is 14.2. The van der Waals surface area contributed by atoms with Gasteiger partial charge in [-0.3, -0.25) is 0 Å². The minimum atomic E-state index is -4.85. The Balaban J connectivity index is 2.03. The number of hydrogen-bond acceptors (Lipinski definition) is 6. The number of halogens is 5. The quantitative estimate of drug-likeness (QED) is 0.415. The van der Waals surface area contributed by atoms with Gasteiger partial charge < -0.3 is 20.5 Å². The van der Waals surface area contributed by atoms with Gasteiger partial charge in [-0.05, 0) is 31.2 Å². The van der Waals surface area contributed by atoms with Crippen molar-refractivity contribution in [3.05, 3.63) is 59.4 Å². The molecular weight excluding hydrogens is 440 g/mol. The van der Waals surface area contributed by atoms with Crippen LogP contribution in [0.3, 0.4) is 0 Å². The number of aliphatic hydroxyl groups is 1. The molecule has 0 amide bonds. The lowest BCUT2D eigenvalue weighted by molar-refractivity contribution is -0.274. The van der Waals surface area contributed by atoms with E-state index in [1.54, 1.807) is 6.92 Å². The minimum Gasteiger partial charge on any atom is -0.406 e. The molecule has 0 saturated heterocycles. The van der Waals surface area contributed by atoms with Crippen LogP contribution < -0.4 is 15.4 Å². The molecule has 3 N–H and O–H groups in total. The van der Waals surface area contributed by atoms with Crippen LogP contribution in [0, 0.1) is 5.82 Å². The summed E-state index contributed by atoms with van der Waals surface area (Å²) in [4.78, 5) is 8.50.